The van der Waals surface area contributed by atoms with Crippen LogP contribution in [0.25, 0.3) is 6.08 Å². The van der Waals surface area contributed by atoms with Crippen LogP contribution < -0.4 is 10.2 Å². The average Bonchev–Trinajstić information content (AvgIpc) is 2.64. The van der Waals surface area contributed by atoms with Crippen LogP contribution in [0.2, 0.25) is 0 Å². The molecule has 0 aliphatic heterocycles. The van der Waals surface area contributed by atoms with Gasteiger partial charge in [-0.1, -0.05) is 30.3 Å². The quantitative estimate of drug-likeness (QED) is 0.374. The number of nitrogens with zero attached hydrogens (tertiary/aromatic N) is 3. The number of nitro groups is 1. The highest BCUT2D eigenvalue weighted by Crippen LogP contribution is 2.26. The van der Waals surface area contributed by atoms with Gasteiger partial charge in [0.25, 0.3) is 11.6 Å². The molecule has 0 saturated heterocycles. The number of nitriles is 1. The van der Waals surface area contributed by atoms with Crippen LogP contribution >= 0.6 is 0 Å². The van der Waals surface area contributed by atoms with Crippen molar-refractivity contribution in [1.82, 2.24) is 5.32 Å². The van der Waals surface area contributed by atoms with Gasteiger partial charge in [-0.15, -0.1) is 0 Å². The molecular weight excluding hydrogens is 332 g/mol. The molecule has 2 aromatic rings. The van der Waals surface area contributed by atoms with Crippen molar-refractivity contribution in [2.45, 2.75) is 6.54 Å². The summed E-state index contributed by atoms with van der Waals surface area (Å²) in [4.78, 5) is 24.8. The number of hydrogen-bond acceptors (Lipinski definition) is 5. The smallest absolute Gasteiger partial charge is 0.278 e. The maximum absolute atomic E-state index is 12.2. The SMILES string of the molecule is CN(C)c1ccc(/C=C(\C#N)C(=O)NCc2ccccc2)c([N+](=O)[O-])c1. The zero-order chi connectivity index (χ0) is 19.1. The highest BCUT2D eigenvalue weighted by atomic mass is 16.6. The zero-order valence-electron chi connectivity index (χ0n) is 14.5. The molecule has 0 spiro atoms. The van der Waals surface area contributed by atoms with Gasteiger partial charge in [0, 0.05) is 32.4 Å². The third-order valence-electron chi connectivity index (χ3n) is 3.69. The van der Waals surface area contributed by atoms with Gasteiger partial charge in [0.15, 0.2) is 0 Å². The molecule has 26 heavy (non-hydrogen) atoms. The largest absolute Gasteiger partial charge is 0.377 e. The summed E-state index contributed by atoms with van der Waals surface area (Å²) in [5.41, 5.74) is 1.38. The van der Waals surface area contributed by atoms with E-state index in [2.05, 4.69) is 5.32 Å². The molecule has 0 unspecified atom stereocenters. The van der Waals surface area contributed by atoms with Crippen LogP contribution in [0.4, 0.5) is 11.4 Å². The van der Waals surface area contributed by atoms with Crippen LogP contribution in [-0.2, 0) is 11.3 Å². The zero-order valence-corrected chi connectivity index (χ0v) is 14.5. The second-order valence-electron chi connectivity index (χ2n) is 5.73. The fourth-order valence-corrected chi connectivity index (χ4v) is 2.27. The Morgan fingerprint density at radius 1 is 1.27 bits per heavy atom. The van der Waals surface area contributed by atoms with Crippen LogP contribution in [-0.4, -0.2) is 24.9 Å². The first kappa shape index (κ1) is 18.7. The Balaban J connectivity index is 2.26. The lowest BCUT2D eigenvalue weighted by Crippen LogP contribution is -2.23. The molecule has 0 aliphatic rings. The Morgan fingerprint density at radius 3 is 2.54 bits per heavy atom. The van der Waals surface area contributed by atoms with Crippen LogP contribution in [0.1, 0.15) is 11.1 Å². The van der Waals surface area contributed by atoms with Gasteiger partial charge in [0.2, 0.25) is 0 Å². The van der Waals surface area contributed by atoms with Crippen molar-refractivity contribution in [3.63, 3.8) is 0 Å². The van der Waals surface area contributed by atoms with Gasteiger partial charge < -0.3 is 10.2 Å². The number of rotatable bonds is 6. The average molecular weight is 350 g/mol. The van der Waals surface area contributed by atoms with E-state index in [9.17, 15) is 20.2 Å². The van der Waals surface area contributed by atoms with Crippen molar-refractivity contribution in [2.75, 3.05) is 19.0 Å². The van der Waals surface area contributed by atoms with Crippen molar-refractivity contribution >= 4 is 23.4 Å². The van der Waals surface area contributed by atoms with Crippen molar-refractivity contribution in [2.24, 2.45) is 0 Å². The van der Waals surface area contributed by atoms with E-state index < -0.39 is 10.8 Å². The van der Waals surface area contributed by atoms with E-state index in [4.69, 9.17) is 0 Å². The Bertz CT molecular complexity index is 883. The second kappa shape index (κ2) is 8.44. The molecule has 132 valence electrons. The van der Waals surface area contributed by atoms with E-state index in [1.807, 2.05) is 30.3 Å². The summed E-state index contributed by atoms with van der Waals surface area (Å²) in [6.07, 6.45) is 1.23. The van der Waals surface area contributed by atoms with Gasteiger partial charge in [-0.3, -0.25) is 14.9 Å². The highest BCUT2D eigenvalue weighted by molar-refractivity contribution is 6.02. The summed E-state index contributed by atoms with van der Waals surface area (Å²) >= 11 is 0. The number of nitrogens with one attached hydrogen (secondary N) is 1. The first-order valence-corrected chi connectivity index (χ1v) is 7.82. The van der Waals surface area contributed by atoms with E-state index in [-0.39, 0.29) is 23.4 Å². The van der Waals surface area contributed by atoms with Gasteiger partial charge >= 0.3 is 0 Å². The number of carbonyl (C=O) groups excluding carboxylic acids is 1. The van der Waals surface area contributed by atoms with Gasteiger partial charge in [-0.25, -0.2) is 0 Å². The van der Waals surface area contributed by atoms with Crippen LogP contribution in [0.5, 0.6) is 0 Å². The Morgan fingerprint density at radius 2 is 1.96 bits per heavy atom. The molecule has 1 N–H and O–H groups in total. The minimum Gasteiger partial charge on any atom is -0.377 e. The summed E-state index contributed by atoms with van der Waals surface area (Å²) in [6, 6.07) is 15.7. The van der Waals surface area contributed by atoms with Crippen molar-refractivity contribution < 1.29 is 9.72 Å². The van der Waals surface area contributed by atoms with E-state index in [0.29, 0.717) is 5.69 Å². The highest BCUT2D eigenvalue weighted by Gasteiger charge is 2.17. The first-order valence-electron chi connectivity index (χ1n) is 7.82. The molecule has 0 saturated carbocycles. The number of hydrogen-bond donors (Lipinski definition) is 1. The van der Waals surface area contributed by atoms with Crippen LogP contribution in [0.15, 0.2) is 54.1 Å². The fourth-order valence-electron chi connectivity index (χ4n) is 2.27. The predicted molar refractivity (Wildman–Crippen MR) is 99.3 cm³/mol. The Kier molecular flexibility index (Phi) is 6.06. The number of amides is 1. The number of carbonyl (C=O) groups is 1. The number of nitro benzene ring substituents is 1. The molecule has 0 aliphatic carbocycles. The summed E-state index contributed by atoms with van der Waals surface area (Å²) in [6.45, 7) is 0.264. The monoisotopic (exact) mass is 350 g/mol. The lowest BCUT2D eigenvalue weighted by atomic mass is 10.1. The molecule has 0 radical (unpaired) electrons. The summed E-state index contributed by atoms with van der Waals surface area (Å²) in [5, 5.41) is 23.2. The molecule has 1 amide bonds. The van der Waals surface area contributed by atoms with E-state index >= 15 is 0 Å². The molecule has 0 atom stereocenters. The molecule has 0 aromatic heterocycles. The predicted octanol–water partition coefficient (Wildman–Crippen LogP) is 2.88. The lowest BCUT2D eigenvalue weighted by molar-refractivity contribution is -0.385. The maximum Gasteiger partial charge on any atom is 0.278 e. The molecule has 0 bridgehead atoms. The van der Waals surface area contributed by atoms with Crippen LogP contribution in [0, 0.1) is 21.4 Å². The topological polar surface area (TPSA) is 99.3 Å². The Labute approximate surface area is 151 Å². The van der Waals surface area contributed by atoms with Gasteiger partial charge in [0.1, 0.15) is 11.6 Å². The summed E-state index contributed by atoms with van der Waals surface area (Å²) in [5.74, 6) is -0.581. The normalized spacial score (nSPS) is 10.7. The molecule has 7 heteroatoms. The standard InChI is InChI=1S/C19H18N4O3/c1-22(2)17-9-8-15(18(11-17)23(25)26)10-16(12-20)19(24)21-13-14-6-4-3-5-7-14/h3-11H,13H2,1-2H3,(H,21,24)/b16-10+. The molecule has 7 nitrogen and oxygen atoms in total. The van der Waals surface area contributed by atoms with E-state index in [1.165, 1.54) is 18.2 Å². The maximum atomic E-state index is 12.2. The third kappa shape index (κ3) is 4.68. The van der Waals surface area contributed by atoms with Crippen molar-refractivity contribution in [3.05, 3.63) is 75.3 Å². The van der Waals surface area contributed by atoms with Crippen molar-refractivity contribution in [3.8, 4) is 6.07 Å². The molecule has 2 rings (SSSR count). The summed E-state index contributed by atoms with van der Waals surface area (Å²) in [7, 11) is 3.54. The van der Waals surface area contributed by atoms with E-state index in [1.54, 1.807) is 31.1 Å². The molecule has 0 heterocycles. The second-order valence-corrected chi connectivity index (χ2v) is 5.73. The minimum atomic E-state index is -0.581. The van der Waals surface area contributed by atoms with Gasteiger partial charge in [0.05, 0.1) is 10.5 Å². The number of benzene rings is 2. The lowest BCUT2D eigenvalue weighted by Gasteiger charge is -2.12. The van der Waals surface area contributed by atoms with E-state index in [0.717, 1.165) is 5.56 Å². The Hall–Kier alpha value is -3.66. The molecule has 2 aromatic carbocycles. The number of anilines is 1. The van der Waals surface area contributed by atoms with Crippen LogP contribution in [0.3, 0.4) is 0 Å². The minimum absolute atomic E-state index is 0.167. The van der Waals surface area contributed by atoms with Crippen molar-refractivity contribution in [1.29, 1.82) is 5.26 Å². The fraction of sp³-hybridized carbons (Fsp3) is 0.158. The molecular formula is C19H18N4O3. The first-order chi connectivity index (χ1) is 12.4. The third-order valence-corrected chi connectivity index (χ3v) is 3.69. The van der Waals surface area contributed by atoms with Gasteiger partial charge in [-0.2, -0.15) is 5.26 Å². The summed E-state index contributed by atoms with van der Waals surface area (Å²) < 4.78 is 0. The van der Waals surface area contributed by atoms with Gasteiger partial charge in [-0.05, 0) is 23.8 Å². The molecule has 0 fully saturated rings.